The molecule has 0 fully saturated rings. The summed E-state index contributed by atoms with van der Waals surface area (Å²) >= 11 is 3.45. The Morgan fingerprint density at radius 1 is 1.00 bits per heavy atom. The van der Waals surface area contributed by atoms with Crippen molar-refractivity contribution in [2.75, 3.05) is 11.9 Å². The monoisotopic (exact) mass is 283 g/mol. The number of hydrogen-bond acceptors (Lipinski definition) is 1. The van der Waals surface area contributed by atoms with E-state index >= 15 is 0 Å². The Hall–Kier alpha value is -0.340. The van der Waals surface area contributed by atoms with Crippen molar-refractivity contribution in [2.24, 2.45) is 0 Å². The van der Waals surface area contributed by atoms with Crippen molar-refractivity contribution in [1.82, 2.24) is 5.32 Å². The molecule has 1 aromatic rings. The molecule has 0 amide bonds. The molecule has 16 heavy (non-hydrogen) atoms. The molecule has 0 saturated carbocycles. The zero-order valence-corrected chi connectivity index (χ0v) is 11.7. The summed E-state index contributed by atoms with van der Waals surface area (Å²) in [5.74, 6) is 0. The van der Waals surface area contributed by atoms with Gasteiger partial charge in [-0.15, -0.1) is 0 Å². The maximum absolute atomic E-state index is 3.48. The van der Waals surface area contributed by atoms with Crippen LogP contribution in [0.5, 0.6) is 0 Å². The number of alkyl halides is 1. The molecule has 2 heteroatoms. The van der Waals surface area contributed by atoms with Crippen molar-refractivity contribution >= 4 is 15.9 Å². The van der Waals surface area contributed by atoms with Crippen LogP contribution < -0.4 is 5.32 Å². The van der Waals surface area contributed by atoms with Crippen molar-refractivity contribution in [2.45, 2.75) is 39.2 Å². The van der Waals surface area contributed by atoms with Crippen LogP contribution in [0.4, 0.5) is 0 Å². The predicted molar refractivity (Wildman–Crippen MR) is 75.2 cm³/mol. The number of unbranched alkanes of at least 4 members (excludes halogenated alkanes) is 2. The molecule has 0 aliphatic heterocycles. The summed E-state index contributed by atoms with van der Waals surface area (Å²) in [5.41, 5.74) is 2.80. The van der Waals surface area contributed by atoms with Gasteiger partial charge >= 0.3 is 0 Å². The number of rotatable bonds is 8. The third kappa shape index (κ3) is 5.66. The van der Waals surface area contributed by atoms with Crippen LogP contribution in [0.2, 0.25) is 0 Å². The molecule has 0 aromatic heterocycles. The number of benzene rings is 1. The van der Waals surface area contributed by atoms with Gasteiger partial charge in [0.1, 0.15) is 0 Å². The maximum Gasteiger partial charge on any atom is 0.0205 e. The van der Waals surface area contributed by atoms with Gasteiger partial charge in [0.25, 0.3) is 0 Å². The van der Waals surface area contributed by atoms with Crippen molar-refractivity contribution in [3.8, 4) is 0 Å². The van der Waals surface area contributed by atoms with E-state index in [9.17, 15) is 0 Å². The fraction of sp³-hybridized carbons (Fsp3) is 0.571. The molecule has 1 N–H and O–H groups in total. The summed E-state index contributed by atoms with van der Waals surface area (Å²) in [6, 6.07) is 8.90. The van der Waals surface area contributed by atoms with Crippen LogP contribution in [0.15, 0.2) is 24.3 Å². The minimum absolute atomic E-state index is 0.998. The highest BCUT2D eigenvalue weighted by Crippen LogP contribution is 2.04. The highest BCUT2D eigenvalue weighted by molar-refractivity contribution is 9.09. The molecule has 1 rings (SSSR count). The van der Waals surface area contributed by atoms with Crippen molar-refractivity contribution < 1.29 is 0 Å². The second-order valence-corrected chi connectivity index (χ2v) is 4.89. The Labute approximate surface area is 108 Å². The third-order valence-electron chi connectivity index (χ3n) is 2.75. The first kappa shape index (κ1) is 13.7. The van der Waals surface area contributed by atoms with Gasteiger partial charge in [0.2, 0.25) is 0 Å². The molecular weight excluding hydrogens is 262 g/mol. The standard InChI is InChI=1S/C14H22BrN/c1-2-13-6-8-14(9-7-13)12-16-11-5-3-4-10-15/h6-9,16H,2-5,10-12H2,1H3. The molecular formula is C14H22BrN. The smallest absolute Gasteiger partial charge is 0.0205 e. The van der Waals surface area contributed by atoms with E-state index in [-0.39, 0.29) is 0 Å². The Morgan fingerprint density at radius 3 is 2.31 bits per heavy atom. The van der Waals surface area contributed by atoms with Crippen molar-refractivity contribution in [3.63, 3.8) is 0 Å². The van der Waals surface area contributed by atoms with E-state index < -0.39 is 0 Å². The van der Waals surface area contributed by atoms with Gasteiger partial charge in [-0.2, -0.15) is 0 Å². The molecule has 0 unspecified atom stereocenters. The highest BCUT2D eigenvalue weighted by atomic mass is 79.9. The highest BCUT2D eigenvalue weighted by Gasteiger charge is 1.93. The van der Waals surface area contributed by atoms with Crippen molar-refractivity contribution in [3.05, 3.63) is 35.4 Å². The van der Waals surface area contributed by atoms with Crippen LogP contribution in [0, 0.1) is 0 Å². The average Bonchev–Trinajstić information content (AvgIpc) is 2.34. The molecule has 0 radical (unpaired) electrons. The van der Waals surface area contributed by atoms with Gasteiger partial charge in [-0.3, -0.25) is 0 Å². The molecule has 0 spiro atoms. The SMILES string of the molecule is CCc1ccc(CNCCCCCBr)cc1. The fourth-order valence-corrected chi connectivity index (χ4v) is 2.04. The summed E-state index contributed by atoms with van der Waals surface area (Å²) in [6.07, 6.45) is 5.00. The molecule has 1 nitrogen and oxygen atoms in total. The largest absolute Gasteiger partial charge is 0.313 e. The zero-order chi connectivity index (χ0) is 11.6. The van der Waals surface area contributed by atoms with Gasteiger partial charge in [-0.25, -0.2) is 0 Å². The Balaban J connectivity index is 2.12. The first-order valence-corrected chi connectivity index (χ1v) is 7.33. The minimum atomic E-state index is 0.998. The maximum atomic E-state index is 3.48. The lowest BCUT2D eigenvalue weighted by molar-refractivity contribution is 0.619. The molecule has 0 bridgehead atoms. The Kier molecular flexibility index (Phi) is 7.52. The number of nitrogens with one attached hydrogen (secondary N) is 1. The van der Waals surface area contributed by atoms with Gasteiger partial charge in [0.05, 0.1) is 0 Å². The van der Waals surface area contributed by atoms with Crippen LogP contribution in [0.1, 0.15) is 37.3 Å². The summed E-state index contributed by atoms with van der Waals surface area (Å²) in [7, 11) is 0. The minimum Gasteiger partial charge on any atom is -0.313 e. The topological polar surface area (TPSA) is 12.0 Å². The summed E-state index contributed by atoms with van der Waals surface area (Å²) in [6.45, 7) is 4.32. The van der Waals surface area contributed by atoms with E-state index in [1.54, 1.807) is 0 Å². The second kappa shape index (κ2) is 8.77. The molecule has 0 atom stereocenters. The van der Waals surface area contributed by atoms with Crippen LogP contribution in [-0.4, -0.2) is 11.9 Å². The average molecular weight is 284 g/mol. The third-order valence-corrected chi connectivity index (χ3v) is 3.31. The fourth-order valence-electron chi connectivity index (χ4n) is 1.65. The Morgan fingerprint density at radius 2 is 1.69 bits per heavy atom. The van der Waals surface area contributed by atoms with Gasteiger partial charge in [0, 0.05) is 11.9 Å². The first-order valence-electron chi connectivity index (χ1n) is 6.21. The van der Waals surface area contributed by atoms with E-state index in [1.807, 2.05) is 0 Å². The van der Waals surface area contributed by atoms with Crippen LogP contribution >= 0.6 is 15.9 Å². The summed E-state index contributed by atoms with van der Waals surface area (Å²) in [5, 5.41) is 4.61. The lowest BCUT2D eigenvalue weighted by Crippen LogP contribution is -2.14. The quantitative estimate of drug-likeness (QED) is 0.564. The van der Waals surface area contributed by atoms with Gasteiger partial charge in [-0.05, 0) is 36.9 Å². The van der Waals surface area contributed by atoms with Crippen molar-refractivity contribution in [1.29, 1.82) is 0 Å². The number of halogens is 1. The van der Waals surface area contributed by atoms with Crippen LogP contribution in [0.25, 0.3) is 0 Å². The molecule has 0 aliphatic carbocycles. The molecule has 1 aromatic carbocycles. The normalized spacial score (nSPS) is 10.6. The van der Waals surface area contributed by atoms with E-state index in [4.69, 9.17) is 0 Å². The van der Waals surface area contributed by atoms with E-state index in [0.29, 0.717) is 0 Å². The molecule has 90 valence electrons. The Bertz CT molecular complexity index is 269. The summed E-state index contributed by atoms with van der Waals surface area (Å²) in [4.78, 5) is 0. The van der Waals surface area contributed by atoms with E-state index in [2.05, 4.69) is 52.4 Å². The van der Waals surface area contributed by atoms with Crippen LogP contribution in [-0.2, 0) is 13.0 Å². The molecule has 0 heterocycles. The number of hydrogen-bond donors (Lipinski definition) is 1. The van der Waals surface area contributed by atoms with Gasteiger partial charge in [-0.1, -0.05) is 53.5 Å². The van der Waals surface area contributed by atoms with E-state index in [0.717, 1.165) is 24.8 Å². The van der Waals surface area contributed by atoms with E-state index in [1.165, 1.54) is 30.4 Å². The van der Waals surface area contributed by atoms with Crippen LogP contribution in [0.3, 0.4) is 0 Å². The lowest BCUT2D eigenvalue weighted by atomic mass is 10.1. The summed E-state index contributed by atoms with van der Waals surface area (Å²) < 4.78 is 0. The second-order valence-electron chi connectivity index (χ2n) is 4.10. The molecule has 0 aliphatic rings. The zero-order valence-electron chi connectivity index (χ0n) is 10.1. The number of aryl methyl sites for hydroxylation is 1. The molecule has 0 saturated heterocycles. The van der Waals surface area contributed by atoms with Gasteiger partial charge < -0.3 is 5.32 Å². The predicted octanol–water partition coefficient (Wildman–Crippen LogP) is 3.90. The van der Waals surface area contributed by atoms with Gasteiger partial charge in [0.15, 0.2) is 0 Å². The first-order chi connectivity index (χ1) is 7.86. The lowest BCUT2D eigenvalue weighted by Gasteiger charge is -2.05.